The van der Waals surface area contributed by atoms with E-state index in [2.05, 4.69) is 0 Å². The minimum atomic E-state index is 0.194. The molecular formula is C26H22O3. The molecule has 29 heavy (non-hydrogen) atoms. The lowest BCUT2D eigenvalue weighted by molar-refractivity contribution is 0.457. The van der Waals surface area contributed by atoms with Crippen LogP contribution < -0.4 is 4.74 Å². The van der Waals surface area contributed by atoms with Crippen molar-refractivity contribution < 1.29 is 14.9 Å². The van der Waals surface area contributed by atoms with Gasteiger partial charge in [-0.15, -0.1) is 0 Å². The van der Waals surface area contributed by atoms with Gasteiger partial charge in [0.15, 0.2) is 0 Å². The number of rotatable bonds is 4. The van der Waals surface area contributed by atoms with Crippen LogP contribution in [-0.2, 0) is 0 Å². The molecule has 0 unspecified atom stereocenters. The second kappa shape index (κ2) is 7.72. The van der Waals surface area contributed by atoms with Crippen LogP contribution in [0.15, 0.2) is 84.9 Å². The maximum absolute atomic E-state index is 10.2. The number of phenolic OH excluding ortho intramolecular Hbond substituents is 2. The van der Waals surface area contributed by atoms with Gasteiger partial charge in [0.2, 0.25) is 0 Å². The summed E-state index contributed by atoms with van der Waals surface area (Å²) in [4.78, 5) is 0. The Kier molecular flexibility index (Phi) is 4.96. The largest absolute Gasteiger partial charge is 0.508 e. The van der Waals surface area contributed by atoms with Crippen LogP contribution in [0.1, 0.15) is 11.1 Å². The fourth-order valence-electron chi connectivity index (χ4n) is 3.55. The summed E-state index contributed by atoms with van der Waals surface area (Å²) in [5.74, 6) is 1.75. The first-order valence-corrected chi connectivity index (χ1v) is 9.49. The standard InChI is InChI=1S/C26H22O3/c1-17-13-21(27)15-23(19-9-5-3-6-10-19)25(17)29-26-18(2)14-22(28)16-24(26)20-11-7-4-8-12-20/h3-16,27-28H,1-2H3. The fraction of sp³-hybridized carbons (Fsp3) is 0.0769. The summed E-state index contributed by atoms with van der Waals surface area (Å²) in [7, 11) is 0. The van der Waals surface area contributed by atoms with Gasteiger partial charge in [-0.1, -0.05) is 60.7 Å². The molecule has 3 heteroatoms. The van der Waals surface area contributed by atoms with Gasteiger partial charge in [0.1, 0.15) is 23.0 Å². The fourth-order valence-corrected chi connectivity index (χ4v) is 3.55. The molecular weight excluding hydrogens is 360 g/mol. The van der Waals surface area contributed by atoms with Crippen molar-refractivity contribution in [2.75, 3.05) is 0 Å². The topological polar surface area (TPSA) is 49.7 Å². The highest BCUT2D eigenvalue weighted by atomic mass is 16.5. The SMILES string of the molecule is Cc1cc(O)cc(-c2ccccc2)c1Oc1c(C)cc(O)cc1-c1ccccc1. The van der Waals surface area contributed by atoms with E-state index in [4.69, 9.17) is 4.74 Å². The Balaban J connectivity index is 1.90. The normalized spacial score (nSPS) is 10.7. The zero-order chi connectivity index (χ0) is 20.4. The van der Waals surface area contributed by atoms with Crippen LogP contribution in [0, 0.1) is 13.8 Å². The Morgan fingerprint density at radius 2 is 0.931 bits per heavy atom. The van der Waals surface area contributed by atoms with Crippen molar-refractivity contribution in [2.24, 2.45) is 0 Å². The molecule has 4 rings (SSSR count). The van der Waals surface area contributed by atoms with Crippen LogP contribution in [0.2, 0.25) is 0 Å². The number of aryl methyl sites for hydroxylation is 2. The van der Waals surface area contributed by atoms with Gasteiger partial charge in [-0.05, 0) is 60.4 Å². The number of aromatic hydroxyl groups is 2. The molecule has 0 aliphatic rings. The average Bonchev–Trinajstić information content (AvgIpc) is 2.72. The van der Waals surface area contributed by atoms with E-state index in [-0.39, 0.29) is 11.5 Å². The van der Waals surface area contributed by atoms with Crippen LogP contribution in [-0.4, -0.2) is 10.2 Å². The van der Waals surface area contributed by atoms with Crippen molar-refractivity contribution in [3.63, 3.8) is 0 Å². The van der Waals surface area contributed by atoms with E-state index in [9.17, 15) is 10.2 Å². The Morgan fingerprint density at radius 3 is 1.31 bits per heavy atom. The molecule has 0 saturated heterocycles. The average molecular weight is 382 g/mol. The van der Waals surface area contributed by atoms with E-state index in [1.807, 2.05) is 74.5 Å². The van der Waals surface area contributed by atoms with Crippen molar-refractivity contribution >= 4 is 0 Å². The highest BCUT2D eigenvalue weighted by Gasteiger charge is 2.17. The van der Waals surface area contributed by atoms with Crippen LogP contribution in [0.5, 0.6) is 23.0 Å². The summed E-state index contributed by atoms with van der Waals surface area (Å²) in [6, 6.07) is 26.5. The molecule has 2 N–H and O–H groups in total. The smallest absolute Gasteiger partial charge is 0.138 e. The molecule has 0 radical (unpaired) electrons. The number of hydrogen-bond donors (Lipinski definition) is 2. The predicted molar refractivity (Wildman–Crippen MR) is 117 cm³/mol. The van der Waals surface area contributed by atoms with Gasteiger partial charge in [0.05, 0.1) is 0 Å². The van der Waals surface area contributed by atoms with E-state index in [1.165, 1.54) is 0 Å². The van der Waals surface area contributed by atoms with Crippen molar-refractivity contribution in [1.82, 2.24) is 0 Å². The quantitative estimate of drug-likeness (QED) is 0.406. The van der Waals surface area contributed by atoms with Crippen LogP contribution in [0.3, 0.4) is 0 Å². The second-order valence-corrected chi connectivity index (χ2v) is 7.11. The molecule has 0 atom stereocenters. The van der Waals surface area contributed by atoms with Gasteiger partial charge in [-0.3, -0.25) is 0 Å². The van der Waals surface area contributed by atoms with Gasteiger partial charge in [0, 0.05) is 11.1 Å². The maximum Gasteiger partial charge on any atom is 0.138 e. The van der Waals surface area contributed by atoms with Crippen LogP contribution in [0.4, 0.5) is 0 Å². The third kappa shape index (κ3) is 3.81. The highest BCUT2D eigenvalue weighted by molar-refractivity contribution is 5.78. The molecule has 0 amide bonds. The third-order valence-corrected chi connectivity index (χ3v) is 4.89. The lowest BCUT2D eigenvalue weighted by Gasteiger charge is -2.19. The summed E-state index contributed by atoms with van der Waals surface area (Å²) in [5.41, 5.74) is 5.20. The van der Waals surface area contributed by atoms with Crippen LogP contribution in [0.25, 0.3) is 22.3 Å². The third-order valence-electron chi connectivity index (χ3n) is 4.89. The van der Waals surface area contributed by atoms with E-state index in [0.29, 0.717) is 11.5 Å². The molecule has 4 aromatic carbocycles. The van der Waals surface area contributed by atoms with Crippen molar-refractivity contribution in [3.8, 4) is 45.3 Å². The molecule has 3 nitrogen and oxygen atoms in total. The molecule has 144 valence electrons. The molecule has 0 aliphatic heterocycles. The highest BCUT2D eigenvalue weighted by Crippen LogP contribution is 2.44. The number of phenols is 2. The molecule has 0 aromatic heterocycles. The van der Waals surface area contributed by atoms with Gasteiger partial charge < -0.3 is 14.9 Å². The first kappa shape index (κ1) is 18.6. The van der Waals surface area contributed by atoms with E-state index in [0.717, 1.165) is 33.4 Å². The Labute approximate surface area is 170 Å². The van der Waals surface area contributed by atoms with E-state index < -0.39 is 0 Å². The summed E-state index contributed by atoms with van der Waals surface area (Å²) < 4.78 is 6.50. The van der Waals surface area contributed by atoms with Crippen molar-refractivity contribution in [1.29, 1.82) is 0 Å². The zero-order valence-corrected chi connectivity index (χ0v) is 16.4. The summed E-state index contributed by atoms with van der Waals surface area (Å²) >= 11 is 0. The molecule has 0 aliphatic carbocycles. The Hall–Kier alpha value is -3.72. The minimum Gasteiger partial charge on any atom is -0.508 e. The zero-order valence-electron chi connectivity index (χ0n) is 16.4. The summed E-state index contributed by atoms with van der Waals surface area (Å²) in [6.45, 7) is 3.83. The molecule has 0 bridgehead atoms. The van der Waals surface area contributed by atoms with Gasteiger partial charge in [0.25, 0.3) is 0 Å². The maximum atomic E-state index is 10.2. The summed E-state index contributed by atoms with van der Waals surface area (Å²) in [5, 5.41) is 20.4. The van der Waals surface area contributed by atoms with Gasteiger partial charge in [-0.25, -0.2) is 0 Å². The first-order chi connectivity index (χ1) is 14.0. The summed E-state index contributed by atoms with van der Waals surface area (Å²) in [6.07, 6.45) is 0. The van der Waals surface area contributed by atoms with E-state index in [1.54, 1.807) is 24.3 Å². The molecule has 0 fully saturated rings. The molecule has 4 aromatic rings. The lowest BCUT2D eigenvalue weighted by atomic mass is 9.99. The van der Waals surface area contributed by atoms with Crippen molar-refractivity contribution in [3.05, 3.63) is 96.1 Å². The second-order valence-electron chi connectivity index (χ2n) is 7.11. The molecule has 0 spiro atoms. The predicted octanol–water partition coefficient (Wildman–Crippen LogP) is 6.84. The van der Waals surface area contributed by atoms with E-state index >= 15 is 0 Å². The number of benzene rings is 4. The first-order valence-electron chi connectivity index (χ1n) is 9.49. The van der Waals surface area contributed by atoms with Gasteiger partial charge >= 0.3 is 0 Å². The molecule has 0 heterocycles. The number of hydrogen-bond acceptors (Lipinski definition) is 3. The number of ether oxygens (including phenoxy) is 1. The Bertz CT molecular complexity index is 1060. The van der Waals surface area contributed by atoms with Crippen LogP contribution >= 0.6 is 0 Å². The lowest BCUT2D eigenvalue weighted by Crippen LogP contribution is -1.96. The van der Waals surface area contributed by atoms with Gasteiger partial charge in [-0.2, -0.15) is 0 Å². The monoisotopic (exact) mass is 382 g/mol. The van der Waals surface area contributed by atoms with Crippen molar-refractivity contribution in [2.45, 2.75) is 13.8 Å². The molecule has 0 saturated carbocycles. The Morgan fingerprint density at radius 1 is 0.552 bits per heavy atom. The minimum absolute atomic E-state index is 0.194.